The van der Waals surface area contributed by atoms with Gasteiger partial charge in [0.25, 0.3) is 5.91 Å². The zero-order valence-electron chi connectivity index (χ0n) is 14.6. The van der Waals surface area contributed by atoms with Crippen LogP contribution in [0.5, 0.6) is 11.5 Å². The highest BCUT2D eigenvalue weighted by Crippen LogP contribution is 2.32. The number of hydrogen-bond donors (Lipinski definition) is 1. The van der Waals surface area contributed by atoms with Crippen LogP contribution < -0.4 is 14.8 Å². The van der Waals surface area contributed by atoms with Crippen LogP contribution in [0.3, 0.4) is 0 Å². The van der Waals surface area contributed by atoms with E-state index in [0.29, 0.717) is 24.2 Å². The van der Waals surface area contributed by atoms with Crippen molar-refractivity contribution in [2.24, 2.45) is 0 Å². The van der Waals surface area contributed by atoms with E-state index in [4.69, 9.17) is 9.47 Å². The third-order valence-corrected chi connectivity index (χ3v) is 4.19. The highest BCUT2D eigenvalue weighted by molar-refractivity contribution is 5.94. The molecule has 26 heavy (non-hydrogen) atoms. The van der Waals surface area contributed by atoms with Gasteiger partial charge in [0, 0.05) is 23.6 Å². The van der Waals surface area contributed by atoms with Crippen molar-refractivity contribution in [3.8, 4) is 11.5 Å². The lowest BCUT2D eigenvalue weighted by atomic mass is 10.1. The summed E-state index contributed by atoms with van der Waals surface area (Å²) in [6.07, 6.45) is 1.98. The maximum Gasteiger partial charge on any atom is 0.251 e. The fraction of sp³-hybridized carbons (Fsp3) is 0.350. The van der Waals surface area contributed by atoms with E-state index in [1.807, 2.05) is 0 Å². The zero-order chi connectivity index (χ0) is 18.5. The molecule has 1 N–H and O–H groups in total. The van der Waals surface area contributed by atoms with Gasteiger partial charge < -0.3 is 14.8 Å². The van der Waals surface area contributed by atoms with Crippen molar-refractivity contribution in [1.82, 2.24) is 5.32 Å². The second kappa shape index (κ2) is 8.17. The Balaban J connectivity index is 1.51. The lowest BCUT2D eigenvalue weighted by Crippen LogP contribution is -2.34. The zero-order valence-corrected chi connectivity index (χ0v) is 14.6. The molecule has 0 fully saturated rings. The van der Waals surface area contributed by atoms with Gasteiger partial charge in [-0.25, -0.2) is 8.78 Å². The molecule has 1 aliphatic heterocycles. The Hall–Kier alpha value is -2.63. The first-order valence-corrected chi connectivity index (χ1v) is 8.72. The third kappa shape index (κ3) is 4.31. The molecule has 0 saturated heterocycles. The molecular weight excluding hydrogens is 340 g/mol. The number of unbranched alkanes of at least 4 members (excludes halogenated alkanes) is 1. The minimum Gasteiger partial charge on any atom is -0.494 e. The van der Waals surface area contributed by atoms with E-state index < -0.39 is 17.7 Å². The summed E-state index contributed by atoms with van der Waals surface area (Å²) in [5.41, 5.74) is 0.982. The van der Waals surface area contributed by atoms with Crippen LogP contribution in [0, 0.1) is 11.6 Å². The van der Waals surface area contributed by atoms with Crippen LogP contribution in [-0.4, -0.2) is 25.2 Å². The number of amides is 1. The van der Waals surface area contributed by atoms with Gasteiger partial charge in [0.1, 0.15) is 17.7 Å². The molecule has 6 heteroatoms. The SMILES string of the molecule is CCCCOc1ccc(C(=O)NCC2Cc3cc(F)cc(F)c3O2)cc1. The number of hydrogen-bond acceptors (Lipinski definition) is 3. The predicted molar refractivity (Wildman–Crippen MR) is 93.7 cm³/mol. The van der Waals surface area contributed by atoms with Crippen molar-refractivity contribution in [2.75, 3.05) is 13.2 Å². The molecule has 3 rings (SSSR count). The van der Waals surface area contributed by atoms with Gasteiger partial charge in [0.2, 0.25) is 0 Å². The monoisotopic (exact) mass is 361 g/mol. The summed E-state index contributed by atoms with van der Waals surface area (Å²) < 4.78 is 38.0. The molecule has 2 aromatic rings. The topological polar surface area (TPSA) is 47.6 Å². The van der Waals surface area contributed by atoms with Crippen LogP contribution in [0.2, 0.25) is 0 Å². The van der Waals surface area contributed by atoms with E-state index >= 15 is 0 Å². The largest absolute Gasteiger partial charge is 0.494 e. The van der Waals surface area contributed by atoms with Crippen molar-refractivity contribution in [3.05, 3.63) is 59.2 Å². The van der Waals surface area contributed by atoms with Gasteiger partial charge in [-0.2, -0.15) is 0 Å². The fourth-order valence-corrected chi connectivity index (χ4v) is 2.81. The number of carbonyl (C=O) groups is 1. The molecule has 0 aromatic heterocycles. The average Bonchev–Trinajstić information content (AvgIpc) is 3.04. The Kier molecular flexibility index (Phi) is 5.71. The van der Waals surface area contributed by atoms with Crippen LogP contribution in [-0.2, 0) is 6.42 Å². The molecule has 1 atom stereocenters. The molecule has 0 bridgehead atoms. The summed E-state index contributed by atoms with van der Waals surface area (Å²) in [5, 5.41) is 2.76. The minimum absolute atomic E-state index is 0.0687. The van der Waals surface area contributed by atoms with Gasteiger partial charge in [-0.1, -0.05) is 13.3 Å². The van der Waals surface area contributed by atoms with Gasteiger partial charge in [0.15, 0.2) is 11.6 Å². The molecular formula is C20H21F2NO3. The van der Waals surface area contributed by atoms with Crippen LogP contribution in [0.15, 0.2) is 36.4 Å². The maximum absolute atomic E-state index is 13.7. The summed E-state index contributed by atoms with van der Waals surface area (Å²) in [5.74, 6) is -0.805. The Bertz CT molecular complexity index is 777. The van der Waals surface area contributed by atoms with Gasteiger partial charge in [-0.05, 0) is 36.8 Å². The van der Waals surface area contributed by atoms with Crippen molar-refractivity contribution in [3.63, 3.8) is 0 Å². The van der Waals surface area contributed by atoms with E-state index in [-0.39, 0.29) is 18.2 Å². The van der Waals surface area contributed by atoms with Gasteiger partial charge in [0.05, 0.1) is 13.2 Å². The summed E-state index contributed by atoms with van der Waals surface area (Å²) in [4.78, 5) is 12.2. The number of halogens is 2. The first-order valence-electron chi connectivity index (χ1n) is 8.72. The molecule has 0 spiro atoms. The summed E-state index contributed by atoms with van der Waals surface area (Å²) in [6.45, 7) is 2.95. The Labute approximate surface area is 151 Å². The quantitative estimate of drug-likeness (QED) is 0.762. The van der Waals surface area contributed by atoms with E-state index in [1.54, 1.807) is 24.3 Å². The number of benzene rings is 2. The summed E-state index contributed by atoms with van der Waals surface area (Å²) >= 11 is 0. The van der Waals surface area contributed by atoms with Crippen molar-refractivity contribution >= 4 is 5.91 Å². The normalized spacial score (nSPS) is 15.3. The van der Waals surface area contributed by atoms with E-state index in [9.17, 15) is 13.6 Å². The summed E-state index contributed by atoms with van der Waals surface area (Å²) in [7, 11) is 0. The molecule has 1 unspecified atom stereocenters. The van der Waals surface area contributed by atoms with Gasteiger partial charge in [-0.15, -0.1) is 0 Å². The maximum atomic E-state index is 13.7. The van der Waals surface area contributed by atoms with Crippen LogP contribution in [0.1, 0.15) is 35.7 Å². The van der Waals surface area contributed by atoms with Crippen LogP contribution in [0.4, 0.5) is 8.78 Å². The van der Waals surface area contributed by atoms with E-state index in [1.165, 1.54) is 6.07 Å². The molecule has 0 saturated carbocycles. The van der Waals surface area contributed by atoms with Crippen LogP contribution >= 0.6 is 0 Å². The van der Waals surface area contributed by atoms with Crippen molar-refractivity contribution < 1.29 is 23.0 Å². The molecule has 0 aliphatic carbocycles. The van der Waals surface area contributed by atoms with Gasteiger partial charge in [-0.3, -0.25) is 4.79 Å². The fourth-order valence-electron chi connectivity index (χ4n) is 2.81. The number of ether oxygens (including phenoxy) is 2. The molecule has 4 nitrogen and oxygen atoms in total. The number of carbonyl (C=O) groups excluding carboxylic acids is 1. The van der Waals surface area contributed by atoms with Crippen molar-refractivity contribution in [1.29, 1.82) is 0 Å². The van der Waals surface area contributed by atoms with Crippen molar-refractivity contribution in [2.45, 2.75) is 32.3 Å². The molecule has 138 valence electrons. The minimum atomic E-state index is -0.715. The van der Waals surface area contributed by atoms with E-state index in [0.717, 1.165) is 24.7 Å². The third-order valence-electron chi connectivity index (χ3n) is 4.19. The smallest absolute Gasteiger partial charge is 0.251 e. The molecule has 1 heterocycles. The Morgan fingerprint density at radius 2 is 2.04 bits per heavy atom. The van der Waals surface area contributed by atoms with E-state index in [2.05, 4.69) is 12.2 Å². The van der Waals surface area contributed by atoms with Gasteiger partial charge >= 0.3 is 0 Å². The lowest BCUT2D eigenvalue weighted by Gasteiger charge is -2.12. The first kappa shape index (κ1) is 18.2. The second-order valence-corrected chi connectivity index (χ2v) is 6.26. The highest BCUT2D eigenvalue weighted by atomic mass is 19.1. The summed E-state index contributed by atoms with van der Waals surface area (Å²) in [6, 6.07) is 8.95. The first-order chi connectivity index (χ1) is 12.6. The Morgan fingerprint density at radius 1 is 1.27 bits per heavy atom. The number of nitrogens with one attached hydrogen (secondary N) is 1. The second-order valence-electron chi connectivity index (χ2n) is 6.26. The molecule has 1 aliphatic rings. The average molecular weight is 361 g/mol. The molecule has 0 radical (unpaired) electrons. The highest BCUT2D eigenvalue weighted by Gasteiger charge is 2.27. The predicted octanol–water partition coefficient (Wildman–Crippen LogP) is 3.88. The standard InChI is InChI=1S/C20H21F2NO3/c1-2-3-8-25-16-6-4-13(5-7-16)20(24)23-12-17-10-14-9-15(21)11-18(22)19(14)26-17/h4-7,9,11,17H,2-3,8,10,12H2,1H3,(H,23,24). The Morgan fingerprint density at radius 3 is 2.77 bits per heavy atom. The number of rotatable bonds is 7. The number of fused-ring (bicyclic) bond motifs is 1. The lowest BCUT2D eigenvalue weighted by molar-refractivity contribution is 0.0933. The molecule has 2 aromatic carbocycles. The van der Waals surface area contributed by atoms with Crippen LogP contribution in [0.25, 0.3) is 0 Å². The molecule has 1 amide bonds.